The zero-order valence-electron chi connectivity index (χ0n) is 6.82. The van der Waals surface area contributed by atoms with E-state index in [4.69, 9.17) is 5.11 Å². The summed E-state index contributed by atoms with van der Waals surface area (Å²) in [6.45, 7) is 0.365. The van der Waals surface area contributed by atoms with E-state index in [9.17, 15) is 14.7 Å². The Labute approximate surface area is 74.6 Å². The Morgan fingerprint density at radius 2 is 2.31 bits per heavy atom. The summed E-state index contributed by atoms with van der Waals surface area (Å²) in [6.07, 6.45) is 4.38. The first-order chi connectivity index (χ1) is 6.09. The number of carbonyl (C=O) groups is 2. The highest BCUT2D eigenvalue weighted by molar-refractivity contribution is 5.87. The topological polar surface area (TPSA) is 81.9 Å². The normalized spacial score (nSPS) is 20.9. The summed E-state index contributed by atoms with van der Waals surface area (Å²) in [6, 6.07) is 0. The van der Waals surface area contributed by atoms with Gasteiger partial charge in [-0.1, -0.05) is 0 Å². The molecule has 0 radical (unpaired) electrons. The Hall–Kier alpha value is -1.62. The summed E-state index contributed by atoms with van der Waals surface area (Å²) in [5, 5.41) is 18.8. The van der Waals surface area contributed by atoms with E-state index >= 15 is 0 Å². The van der Waals surface area contributed by atoms with Crippen molar-refractivity contribution in [3.05, 3.63) is 23.9 Å². The fourth-order valence-electron chi connectivity index (χ4n) is 1.11. The summed E-state index contributed by atoms with van der Waals surface area (Å²) in [4.78, 5) is 21.3. The lowest BCUT2D eigenvalue weighted by atomic mass is 10.2. The second-order valence-corrected chi connectivity index (χ2v) is 2.72. The first-order valence-corrected chi connectivity index (χ1v) is 3.75. The van der Waals surface area contributed by atoms with Crippen LogP contribution < -0.4 is 10.0 Å². The number of carboxylic acid groups (broad SMARTS) is 2. The molecular formula is C8H9NO4. The summed E-state index contributed by atoms with van der Waals surface area (Å²) < 4.78 is 0. The third-order valence-corrected chi connectivity index (χ3v) is 1.65. The van der Waals surface area contributed by atoms with Gasteiger partial charge in [0.15, 0.2) is 6.54 Å². The van der Waals surface area contributed by atoms with Crippen molar-refractivity contribution in [2.45, 2.75) is 0 Å². The van der Waals surface area contributed by atoms with Gasteiger partial charge >= 0.3 is 5.97 Å². The zero-order valence-corrected chi connectivity index (χ0v) is 6.82. The molecule has 13 heavy (non-hydrogen) atoms. The number of quaternary nitrogens is 1. The molecule has 0 aromatic rings. The van der Waals surface area contributed by atoms with Gasteiger partial charge in [-0.15, -0.1) is 0 Å². The van der Waals surface area contributed by atoms with Gasteiger partial charge in [-0.2, -0.15) is 0 Å². The van der Waals surface area contributed by atoms with Crippen LogP contribution in [0.1, 0.15) is 0 Å². The van der Waals surface area contributed by atoms with Crippen molar-refractivity contribution in [2.75, 3.05) is 13.1 Å². The SMILES string of the molecule is O=C(O)C[NH+]1C=C(C(=O)[O-])C=CC1. The van der Waals surface area contributed by atoms with E-state index in [-0.39, 0.29) is 12.1 Å². The Morgan fingerprint density at radius 3 is 2.85 bits per heavy atom. The van der Waals surface area contributed by atoms with Crippen LogP contribution in [0.3, 0.4) is 0 Å². The molecule has 0 aromatic heterocycles. The molecule has 5 heteroatoms. The van der Waals surface area contributed by atoms with Crippen molar-refractivity contribution >= 4 is 11.9 Å². The van der Waals surface area contributed by atoms with Gasteiger partial charge in [-0.25, -0.2) is 4.79 Å². The minimum atomic E-state index is -1.28. The first kappa shape index (κ1) is 9.47. The standard InChI is InChI=1S/C8H9NO4/c10-7(11)5-9-3-1-2-6(4-9)8(12)13/h1-2,4H,3,5H2,(H,10,11)(H,12,13). The lowest BCUT2D eigenvalue weighted by molar-refractivity contribution is -0.833. The second-order valence-electron chi connectivity index (χ2n) is 2.72. The Morgan fingerprint density at radius 1 is 1.62 bits per heavy atom. The maximum Gasteiger partial charge on any atom is 0.359 e. The van der Waals surface area contributed by atoms with E-state index in [0.717, 1.165) is 0 Å². The van der Waals surface area contributed by atoms with Crippen LogP contribution in [0, 0.1) is 0 Å². The minimum absolute atomic E-state index is 0.0301. The third-order valence-electron chi connectivity index (χ3n) is 1.65. The average Bonchev–Trinajstić information content (AvgIpc) is 2.03. The molecule has 1 unspecified atom stereocenters. The van der Waals surface area contributed by atoms with Gasteiger partial charge < -0.3 is 15.0 Å². The molecule has 0 spiro atoms. The molecule has 0 fully saturated rings. The van der Waals surface area contributed by atoms with E-state index in [2.05, 4.69) is 0 Å². The Balaban J connectivity index is 2.67. The van der Waals surface area contributed by atoms with Crippen molar-refractivity contribution < 1.29 is 24.7 Å². The quantitative estimate of drug-likeness (QED) is 0.493. The summed E-state index contributed by atoms with van der Waals surface area (Å²) in [5.74, 6) is -2.24. The summed E-state index contributed by atoms with van der Waals surface area (Å²) in [5.41, 5.74) is 0.0301. The summed E-state index contributed by atoms with van der Waals surface area (Å²) >= 11 is 0. The van der Waals surface area contributed by atoms with Crippen LogP contribution in [-0.2, 0) is 9.59 Å². The molecule has 5 nitrogen and oxygen atoms in total. The molecule has 1 aliphatic rings. The van der Waals surface area contributed by atoms with Crippen molar-refractivity contribution in [1.82, 2.24) is 0 Å². The number of carboxylic acids is 2. The van der Waals surface area contributed by atoms with Crippen molar-refractivity contribution in [2.24, 2.45) is 0 Å². The van der Waals surface area contributed by atoms with Crippen LogP contribution in [0.2, 0.25) is 0 Å². The number of nitrogens with one attached hydrogen (secondary N) is 1. The monoisotopic (exact) mass is 183 g/mol. The molecule has 0 aromatic carbocycles. The molecule has 0 saturated heterocycles. The van der Waals surface area contributed by atoms with Gasteiger partial charge in [0.05, 0.1) is 11.5 Å². The fraction of sp³-hybridized carbons (Fsp3) is 0.250. The highest BCUT2D eigenvalue weighted by Gasteiger charge is 2.13. The molecule has 70 valence electrons. The highest BCUT2D eigenvalue weighted by atomic mass is 16.4. The van der Waals surface area contributed by atoms with Gasteiger partial charge in [-0.3, -0.25) is 4.90 Å². The molecule has 1 atom stereocenters. The number of hydrogen-bond acceptors (Lipinski definition) is 3. The third kappa shape index (κ3) is 2.72. The molecule has 0 amide bonds. The van der Waals surface area contributed by atoms with E-state index in [1.54, 1.807) is 6.08 Å². The average molecular weight is 183 g/mol. The predicted molar refractivity (Wildman–Crippen MR) is 40.6 cm³/mol. The second kappa shape index (κ2) is 3.86. The Bertz CT molecular complexity index is 293. The maximum atomic E-state index is 10.4. The molecule has 0 saturated carbocycles. The predicted octanol–water partition coefficient (Wildman–Crippen LogP) is -2.84. The fourth-order valence-corrected chi connectivity index (χ4v) is 1.11. The van der Waals surface area contributed by atoms with Crippen molar-refractivity contribution in [1.29, 1.82) is 0 Å². The van der Waals surface area contributed by atoms with Crippen molar-refractivity contribution in [3.63, 3.8) is 0 Å². The van der Waals surface area contributed by atoms with Crippen LogP contribution in [0.25, 0.3) is 0 Å². The minimum Gasteiger partial charge on any atom is -0.545 e. The van der Waals surface area contributed by atoms with Crippen LogP contribution in [0.4, 0.5) is 0 Å². The molecule has 1 heterocycles. The van der Waals surface area contributed by atoms with E-state index in [1.807, 2.05) is 0 Å². The molecular weight excluding hydrogens is 174 g/mol. The molecule has 1 rings (SSSR count). The van der Waals surface area contributed by atoms with Crippen molar-refractivity contribution in [3.8, 4) is 0 Å². The lowest BCUT2D eigenvalue weighted by Crippen LogP contribution is -3.08. The molecule has 1 aliphatic heterocycles. The van der Waals surface area contributed by atoms with Gasteiger partial charge in [0.2, 0.25) is 0 Å². The maximum absolute atomic E-state index is 10.4. The number of hydrogen-bond donors (Lipinski definition) is 2. The molecule has 0 aliphatic carbocycles. The zero-order chi connectivity index (χ0) is 9.84. The van der Waals surface area contributed by atoms with Gasteiger partial charge in [0.1, 0.15) is 12.7 Å². The van der Waals surface area contributed by atoms with Crippen LogP contribution in [0.5, 0.6) is 0 Å². The number of carbonyl (C=O) groups excluding carboxylic acids is 1. The lowest BCUT2D eigenvalue weighted by Gasteiger charge is -2.15. The number of rotatable bonds is 3. The van der Waals surface area contributed by atoms with E-state index < -0.39 is 11.9 Å². The highest BCUT2D eigenvalue weighted by Crippen LogP contribution is 1.94. The largest absolute Gasteiger partial charge is 0.545 e. The molecule has 0 bridgehead atoms. The van der Waals surface area contributed by atoms with E-state index in [0.29, 0.717) is 11.4 Å². The first-order valence-electron chi connectivity index (χ1n) is 3.75. The van der Waals surface area contributed by atoms with Gasteiger partial charge in [-0.05, 0) is 12.2 Å². The summed E-state index contributed by atoms with van der Waals surface area (Å²) in [7, 11) is 0. The number of aliphatic carboxylic acids is 2. The smallest absolute Gasteiger partial charge is 0.359 e. The Kier molecular flexibility index (Phi) is 2.81. The van der Waals surface area contributed by atoms with E-state index in [1.165, 1.54) is 12.3 Å². The van der Waals surface area contributed by atoms with Gasteiger partial charge in [0, 0.05) is 0 Å². The van der Waals surface area contributed by atoms with Crippen LogP contribution in [0.15, 0.2) is 23.9 Å². The van der Waals surface area contributed by atoms with Crippen LogP contribution in [-0.4, -0.2) is 30.1 Å². The van der Waals surface area contributed by atoms with Gasteiger partial charge in [0.25, 0.3) is 0 Å². The van der Waals surface area contributed by atoms with Crippen LogP contribution >= 0.6 is 0 Å². The molecule has 2 N–H and O–H groups in total.